The highest BCUT2D eigenvalue weighted by Crippen LogP contribution is 2.28. The third-order valence-corrected chi connectivity index (χ3v) is 4.75. The summed E-state index contributed by atoms with van der Waals surface area (Å²) in [7, 11) is 1.47. The summed E-state index contributed by atoms with van der Waals surface area (Å²) in [4.78, 5) is 22.7. The van der Waals surface area contributed by atoms with Gasteiger partial charge >= 0.3 is 5.69 Å². The Morgan fingerprint density at radius 1 is 1.27 bits per heavy atom. The van der Waals surface area contributed by atoms with E-state index in [4.69, 9.17) is 9.47 Å². The molecule has 10 nitrogen and oxygen atoms in total. The van der Waals surface area contributed by atoms with Crippen LogP contribution in [0.25, 0.3) is 0 Å². The van der Waals surface area contributed by atoms with Gasteiger partial charge in [0.05, 0.1) is 18.2 Å². The highest BCUT2D eigenvalue weighted by molar-refractivity contribution is 5.83. The summed E-state index contributed by atoms with van der Waals surface area (Å²) in [5.41, 5.74) is 3.79. The molecular formula is C22H22FN5O5. The van der Waals surface area contributed by atoms with Gasteiger partial charge < -0.3 is 9.47 Å². The predicted octanol–water partition coefficient (Wildman–Crippen LogP) is 3.29. The molecule has 1 N–H and O–H groups in total. The smallest absolute Gasteiger partial charge is 0.312 e. The minimum Gasteiger partial charge on any atom is -0.493 e. The van der Waals surface area contributed by atoms with E-state index in [1.165, 1.54) is 37.9 Å². The molecule has 0 aliphatic carbocycles. The second-order valence-corrected chi connectivity index (χ2v) is 7.02. The number of hydrazone groups is 1. The Labute approximate surface area is 188 Å². The van der Waals surface area contributed by atoms with E-state index in [2.05, 4.69) is 15.6 Å². The SMILES string of the molecule is COc1cc(/C=N/NC(=O)Cn2nc(C)c([N+](=O)[O-])c2C)ccc1OCc1ccccc1F. The van der Waals surface area contributed by atoms with Gasteiger partial charge in [0, 0.05) is 5.56 Å². The molecule has 0 spiro atoms. The molecule has 11 heteroatoms. The second-order valence-electron chi connectivity index (χ2n) is 7.02. The van der Waals surface area contributed by atoms with Crippen molar-refractivity contribution in [3.63, 3.8) is 0 Å². The first kappa shape index (κ1) is 23.4. The van der Waals surface area contributed by atoms with Gasteiger partial charge in [0.25, 0.3) is 5.91 Å². The standard InChI is InChI=1S/C22H22FN5O5/c1-14-22(28(30)31)15(2)27(26-14)12-21(29)25-24-11-16-8-9-19(20(10-16)32-3)33-13-17-6-4-5-7-18(17)23/h4-11H,12-13H2,1-3H3,(H,25,29)/b24-11+. The molecule has 0 fully saturated rings. The van der Waals surface area contributed by atoms with E-state index in [1.807, 2.05) is 0 Å². The number of aryl methyl sites for hydroxylation is 1. The van der Waals surface area contributed by atoms with Crippen molar-refractivity contribution in [3.05, 3.63) is 80.9 Å². The van der Waals surface area contributed by atoms with E-state index in [0.717, 1.165) is 0 Å². The van der Waals surface area contributed by atoms with Gasteiger partial charge in [-0.05, 0) is 43.7 Å². The fraction of sp³-hybridized carbons (Fsp3) is 0.227. The van der Waals surface area contributed by atoms with Crippen molar-refractivity contribution in [3.8, 4) is 11.5 Å². The van der Waals surface area contributed by atoms with Gasteiger partial charge in [-0.1, -0.05) is 18.2 Å². The maximum Gasteiger partial charge on any atom is 0.312 e. The fourth-order valence-electron chi connectivity index (χ4n) is 3.11. The monoisotopic (exact) mass is 455 g/mol. The molecule has 1 heterocycles. The lowest BCUT2D eigenvalue weighted by Crippen LogP contribution is -2.24. The zero-order chi connectivity index (χ0) is 24.0. The van der Waals surface area contributed by atoms with Gasteiger partial charge in [-0.15, -0.1) is 0 Å². The lowest BCUT2D eigenvalue weighted by Gasteiger charge is -2.11. The molecule has 0 aliphatic rings. The zero-order valence-corrected chi connectivity index (χ0v) is 18.2. The fourth-order valence-corrected chi connectivity index (χ4v) is 3.11. The first-order chi connectivity index (χ1) is 15.8. The highest BCUT2D eigenvalue weighted by atomic mass is 19.1. The Kier molecular flexibility index (Phi) is 7.34. The van der Waals surface area contributed by atoms with Crippen LogP contribution in [0.1, 0.15) is 22.5 Å². The van der Waals surface area contributed by atoms with Crippen LogP contribution in [-0.4, -0.2) is 33.9 Å². The Balaban J connectivity index is 1.61. The highest BCUT2D eigenvalue weighted by Gasteiger charge is 2.22. The van der Waals surface area contributed by atoms with Gasteiger partial charge in [-0.2, -0.15) is 10.2 Å². The number of hydrogen-bond donors (Lipinski definition) is 1. The summed E-state index contributed by atoms with van der Waals surface area (Å²) in [6.45, 7) is 2.85. The molecule has 0 saturated carbocycles. The molecule has 0 aliphatic heterocycles. The van der Waals surface area contributed by atoms with Crippen molar-refractivity contribution in [2.45, 2.75) is 27.0 Å². The van der Waals surface area contributed by atoms with Crippen molar-refractivity contribution < 1.29 is 23.6 Å². The summed E-state index contributed by atoms with van der Waals surface area (Å²) in [5, 5.41) is 19.0. The van der Waals surface area contributed by atoms with Gasteiger partial charge in [0.2, 0.25) is 0 Å². The van der Waals surface area contributed by atoms with Crippen LogP contribution in [0, 0.1) is 29.8 Å². The number of methoxy groups -OCH3 is 1. The van der Waals surface area contributed by atoms with Crippen molar-refractivity contribution >= 4 is 17.8 Å². The minimum absolute atomic E-state index is 0.0387. The molecule has 0 bridgehead atoms. The van der Waals surface area contributed by atoms with Crippen LogP contribution in [0.3, 0.4) is 0 Å². The number of amides is 1. The molecular weight excluding hydrogens is 433 g/mol. The molecule has 1 aromatic heterocycles. The van der Waals surface area contributed by atoms with Gasteiger partial charge in [-0.25, -0.2) is 9.82 Å². The summed E-state index contributed by atoms with van der Waals surface area (Å²) in [5.74, 6) is -0.0146. The molecule has 0 saturated heterocycles. The lowest BCUT2D eigenvalue weighted by molar-refractivity contribution is -0.386. The maximum atomic E-state index is 13.8. The summed E-state index contributed by atoms with van der Waals surface area (Å²) >= 11 is 0. The first-order valence-corrected chi connectivity index (χ1v) is 9.84. The number of halogens is 1. The number of aromatic nitrogens is 2. The third kappa shape index (κ3) is 5.70. The number of nitrogens with one attached hydrogen (secondary N) is 1. The van der Waals surface area contributed by atoms with Crippen LogP contribution >= 0.6 is 0 Å². The van der Waals surface area contributed by atoms with Crippen LogP contribution in [0.4, 0.5) is 10.1 Å². The maximum absolute atomic E-state index is 13.8. The Morgan fingerprint density at radius 3 is 2.70 bits per heavy atom. The van der Waals surface area contributed by atoms with E-state index in [0.29, 0.717) is 22.6 Å². The molecule has 1 amide bonds. The first-order valence-electron chi connectivity index (χ1n) is 9.84. The summed E-state index contributed by atoms with van der Waals surface area (Å²) in [6.07, 6.45) is 1.41. The number of benzene rings is 2. The molecule has 172 valence electrons. The zero-order valence-electron chi connectivity index (χ0n) is 18.2. The van der Waals surface area contributed by atoms with Crippen molar-refractivity contribution in [1.82, 2.24) is 15.2 Å². The number of nitro groups is 1. The number of carbonyl (C=O) groups excluding carboxylic acids is 1. The number of nitrogens with zero attached hydrogens (tertiary/aromatic N) is 4. The summed E-state index contributed by atoms with van der Waals surface area (Å²) < 4.78 is 26.0. The normalized spacial score (nSPS) is 10.9. The van der Waals surface area contributed by atoms with Crippen LogP contribution < -0.4 is 14.9 Å². The van der Waals surface area contributed by atoms with Crippen molar-refractivity contribution in [2.75, 3.05) is 7.11 Å². The summed E-state index contributed by atoms with van der Waals surface area (Å²) in [6, 6.07) is 11.3. The number of ether oxygens (including phenoxy) is 2. The molecule has 0 atom stereocenters. The Hall–Kier alpha value is -4.28. The topological polar surface area (TPSA) is 121 Å². The Morgan fingerprint density at radius 2 is 2.03 bits per heavy atom. The molecule has 2 aromatic carbocycles. The van der Waals surface area contributed by atoms with Crippen molar-refractivity contribution in [2.24, 2.45) is 5.10 Å². The van der Waals surface area contributed by atoms with E-state index in [9.17, 15) is 19.3 Å². The number of hydrogen-bond acceptors (Lipinski definition) is 7. The quantitative estimate of drug-likeness (QED) is 0.300. The predicted molar refractivity (Wildman–Crippen MR) is 118 cm³/mol. The van der Waals surface area contributed by atoms with Crippen molar-refractivity contribution in [1.29, 1.82) is 0 Å². The van der Waals surface area contributed by atoms with Crippen LogP contribution in [0.2, 0.25) is 0 Å². The van der Waals surface area contributed by atoms with Crippen LogP contribution in [-0.2, 0) is 17.9 Å². The van der Waals surface area contributed by atoms with E-state index < -0.39 is 10.8 Å². The van der Waals surface area contributed by atoms with Gasteiger partial charge in [0.15, 0.2) is 11.5 Å². The minimum atomic E-state index is -0.526. The van der Waals surface area contributed by atoms with Crippen LogP contribution in [0.15, 0.2) is 47.6 Å². The van der Waals surface area contributed by atoms with E-state index in [1.54, 1.807) is 36.4 Å². The molecule has 0 unspecified atom stereocenters. The lowest BCUT2D eigenvalue weighted by atomic mass is 10.2. The van der Waals surface area contributed by atoms with Gasteiger partial charge in [-0.3, -0.25) is 19.6 Å². The average Bonchev–Trinajstić information content (AvgIpc) is 3.06. The second kappa shape index (κ2) is 10.4. The van der Waals surface area contributed by atoms with Gasteiger partial charge in [0.1, 0.15) is 30.4 Å². The van der Waals surface area contributed by atoms with E-state index >= 15 is 0 Å². The number of rotatable bonds is 9. The van der Waals surface area contributed by atoms with E-state index in [-0.39, 0.29) is 36.0 Å². The van der Waals surface area contributed by atoms with Crippen LogP contribution in [0.5, 0.6) is 11.5 Å². The molecule has 0 radical (unpaired) electrons. The average molecular weight is 455 g/mol. The largest absolute Gasteiger partial charge is 0.493 e. The molecule has 33 heavy (non-hydrogen) atoms. The Bertz CT molecular complexity index is 1210. The molecule has 3 aromatic rings. The third-order valence-electron chi connectivity index (χ3n) is 4.75. The molecule has 3 rings (SSSR count). The number of carbonyl (C=O) groups is 1.